The number of nitrogens with zero attached hydrogens (tertiary/aromatic N) is 4. The fourth-order valence-electron chi connectivity index (χ4n) is 1.59. The van der Waals surface area contributed by atoms with Crippen molar-refractivity contribution in [2.24, 2.45) is 5.11 Å². The van der Waals surface area contributed by atoms with E-state index in [4.69, 9.17) is 10.8 Å². The van der Waals surface area contributed by atoms with Crippen molar-refractivity contribution < 1.29 is 0 Å². The van der Waals surface area contributed by atoms with Gasteiger partial charge >= 0.3 is 0 Å². The summed E-state index contributed by atoms with van der Waals surface area (Å²) in [6.45, 7) is 0. The molecule has 2 aromatic rings. The van der Waals surface area contributed by atoms with Gasteiger partial charge < -0.3 is 0 Å². The van der Waals surface area contributed by atoms with Crippen LogP contribution in [0.4, 0.5) is 5.69 Å². The summed E-state index contributed by atoms with van der Waals surface area (Å²) in [6.07, 6.45) is 0. The van der Waals surface area contributed by atoms with E-state index < -0.39 is 0 Å². The molecule has 0 amide bonds. The summed E-state index contributed by atoms with van der Waals surface area (Å²) < 4.78 is 0. The lowest BCUT2D eigenvalue weighted by Crippen LogP contribution is -1.80. The molecule has 0 aliphatic carbocycles. The Hall–Kier alpha value is -2.76. The fraction of sp³-hybridized carbons (Fsp3) is 0. The molecule has 17 heavy (non-hydrogen) atoms. The second-order valence-electron chi connectivity index (χ2n) is 3.40. The summed E-state index contributed by atoms with van der Waals surface area (Å²) in [7, 11) is 0. The Morgan fingerprint density at radius 3 is 2.53 bits per heavy atom. The van der Waals surface area contributed by atoms with Crippen LogP contribution in [0.5, 0.6) is 0 Å². The van der Waals surface area contributed by atoms with Crippen molar-refractivity contribution in [1.82, 2.24) is 0 Å². The third-order valence-electron chi connectivity index (χ3n) is 2.36. The Morgan fingerprint density at radius 2 is 1.88 bits per heavy atom. The molecule has 80 valence electrons. The number of rotatable bonds is 2. The highest BCUT2D eigenvalue weighted by atomic mass is 15.1. The van der Waals surface area contributed by atoms with Crippen molar-refractivity contribution in [1.29, 1.82) is 5.26 Å². The molecule has 0 spiro atoms. The molecule has 4 nitrogen and oxygen atoms in total. The Labute approximate surface area is 98.4 Å². The van der Waals surface area contributed by atoms with Gasteiger partial charge in [0.1, 0.15) is 0 Å². The smallest absolute Gasteiger partial charge is 0.0991 e. The van der Waals surface area contributed by atoms with Crippen LogP contribution in [-0.2, 0) is 0 Å². The van der Waals surface area contributed by atoms with Crippen LogP contribution in [0.2, 0.25) is 0 Å². The van der Waals surface area contributed by atoms with Crippen LogP contribution in [0.1, 0.15) is 5.56 Å². The average molecular weight is 220 g/mol. The van der Waals surface area contributed by atoms with Gasteiger partial charge in [-0.05, 0) is 28.8 Å². The average Bonchev–Trinajstić information content (AvgIpc) is 2.40. The Bertz CT molecular complexity index is 620. The van der Waals surface area contributed by atoms with E-state index in [0.717, 1.165) is 11.1 Å². The van der Waals surface area contributed by atoms with Gasteiger partial charge in [0, 0.05) is 10.6 Å². The van der Waals surface area contributed by atoms with Gasteiger partial charge in [0.25, 0.3) is 0 Å². The minimum Gasteiger partial charge on any atom is -0.192 e. The predicted octanol–water partition coefficient (Wildman–Crippen LogP) is 4.17. The van der Waals surface area contributed by atoms with Crippen molar-refractivity contribution in [3.8, 4) is 17.2 Å². The van der Waals surface area contributed by atoms with E-state index in [2.05, 4.69) is 10.0 Å². The van der Waals surface area contributed by atoms with Crippen LogP contribution in [0.3, 0.4) is 0 Å². The molecular weight excluding hydrogens is 212 g/mol. The molecule has 0 heterocycles. The molecule has 0 aliphatic heterocycles. The molecular formula is C13H8N4. The van der Waals surface area contributed by atoms with Gasteiger partial charge in [-0.25, -0.2) is 0 Å². The predicted molar refractivity (Wildman–Crippen MR) is 65.4 cm³/mol. The van der Waals surface area contributed by atoms with Gasteiger partial charge in [-0.3, -0.25) is 0 Å². The lowest BCUT2D eigenvalue weighted by atomic mass is 10.0. The molecule has 0 bridgehead atoms. The van der Waals surface area contributed by atoms with Gasteiger partial charge in [-0.1, -0.05) is 41.5 Å². The SMILES string of the molecule is N#Cc1ccc(-c2ccccc2)c(N=[N+]=[N-])c1. The first-order chi connectivity index (χ1) is 8.35. The van der Waals surface area contributed by atoms with Crippen LogP contribution >= 0.6 is 0 Å². The molecule has 0 saturated carbocycles. The lowest BCUT2D eigenvalue weighted by Gasteiger charge is -2.05. The van der Waals surface area contributed by atoms with E-state index in [1.807, 2.05) is 36.4 Å². The first-order valence-corrected chi connectivity index (χ1v) is 5.00. The van der Waals surface area contributed by atoms with Gasteiger partial charge in [0.2, 0.25) is 0 Å². The van der Waals surface area contributed by atoms with Crippen molar-refractivity contribution in [3.63, 3.8) is 0 Å². The molecule has 2 rings (SSSR count). The molecule has 0 aliphatic rings. The first kappa shape index (κ1) is 10.7. The highest BCUT2D eigenvalue weighted by Crippen LogP contribution is 2.31. The number of nitriles is 1. The highest BCUT2D eigenvalue weighted by Gasteiger charge is 2.04. The standard InChI is InChI=1S/C13H8N4/c14-9-10-6-7-12(13(8-10)16-17-15)11-4-2-1-3-5-11/h1-8H. The second-order valence-corrected chi connectivity index (χ2v) is 3.40. The van der Waals surface area contributed by atoms with Crippen molar-refractivity contribution in [2.45, 2.75) is 0 Å². The first-order valence-electron chi connectivity index (χ1n) is 5.00. The monoisotopic (exact) mass is 220 g/mol. The summed E-state index contributed by atoms with van der Waals surface area (Å²) in [6, 6.07) is 16.7. The van der Waals surface area contributed by atoms with Crippen molar-refractivity contribution in [3.05, 3.63) is 64.5 Å². The minimum atomic E-state index is 0.470. The van der Waals surface area contributed by atoms with Gasteiger partial charge in [-0.2, -0.15) is 5.26 Å². The van der Waals surface area contributed by atoms with Crippen LogP contribution in [0.25, 0.3) is 21.6 Å². The molecule has 2 aromatic carbocycles. The zero-order chi connectivity index (χ0) is 12.1. The summed E-state index contributed by atoms with van der Waals surface area (Å²) >= 11 is 0. The maximum absolute atomic E-state index is 8.81. The molecule has 0 aromatic heterocycles. The number of hydrogen-bond acceptors (Lipinski definition) is 2. The Kier molecular flexibility index (Phi) is 3.06. The normalized spacial score (nSPS) is 9.12. The lowest BCUT2D eigenvalue weighted by molar-refractivity contribution is 1.43. The Morgan fingerprint density at radius 1 is 1.12 bits per heavy atom. The topological polar surface area (TPSA) is 72.5 Å². The summed E-state index contributed by atoms with van der Waals surface area (Å²) in [4.78, 5) is 2.78. The molecule has 0 radical (unpaired) electrons. The van der Waals surface area contributed by atoms with Crippen molar-refractivity contribution in [2.75, 3.05) is 0 Å². The number of azide groups is 1. The zero-order valence-corrected chi connectivity index (χ0v) is 8.91. The van der Waals surface area contributed by atoms with Crippen LogP contribution in [-0.4, -0.2) is 0 Å². The third kappa shape index (κ3) is 2.25. The summed E-state index contributed by atoms with van der Waals surface area (Å²) in [5.41, 5.74) is 11.3. The van der Waals surface area contributed by atoms with Crippen molar-refractivity contribution >= 4 is 5.69 Å². The number of hydrogen-bond donors (Lipinski definition) is 0. The second kappa shape index (κ2) is 4.84. The summed E-state index contributed by atoms with van der Waals surface area (Å²) in [5.74, 6) is 0. The van der Waals surface area contributed by atoms with Crippen LogP contribution < -0.4 is 0 Å². The highest BCUT2D eigenvalue weighted by molar-refractivity contribution is 5.76. The molecule has 4 heteroatoms. The molecule has 0 unspecified atom stereocenters. The minimum absolute atomic E-state index is 0.470. The quantitative estimate of drug-likeness (QED) is 0.425. The molecule has 0 atom stereocenters. The van der Waals surface area contributed by atoms with E-state index in [1.54, 1.807) is 18.2 Å². The molecule has 0 N–H and O–H groups in total. The zero-order valence-electron chi connectivity index (χ0n) is 8.91. The maximum Gasteiger partial charge on any atom is 0.0991 e. The van der Waals surface area contributed by atoms with Gasteiger partial charge in [-0.15, -0.1) is 0 Å². The van der Waals surface area contributed by atoms with Gasteiger partial charge in [0.05, 0.1) is 11.6 Å². The molecule has 0 fully saturated rings. The van der Waals surface area contributed by atoms with Gasteiger partial charge in [0.15, 0.2) is 0 Å². The largest absolute Gasteiger partial charge is 0.192 e. The maximum atomic E-state index is 8.81. The van der Waals surface area contributed by atoms with E-state index in [1.165, 1.54) is 0 Å². The third-order valence-corrected chi connectivity index (χ3v) is 2.36. The number of benzene rings is 2. The van der Waals surface area contributed by atoms with E-state index in [-0.39, 0.29) is 0 Å². The van der Waals surface area contributed by atoms with Crippen LogP contribution in [0.15, 0.2) is 53.6 Å². The fourth-order valence-corrected chi connectivity index (χ4v) is 1.59. The Balaban J connectivity index is 2.62. The molecule has 0 saturated heterocycles. The summed E-state index contributed by atoms with van der Waals surface area (Å²) in [5, 5.41) is 12.4. The van der Waals surface area contributed by atoms with E-state index >= 15 is 0 Å². The van der Waals surface area contributed by atoms with Crippen LogP contribution in [0, 0.1) is 11.3 Å². The van der Waals surface area contributed by atoms with E-state index in [0.29, 0.717) is 11.3 Å². The van der Waals surface area contributed by atoms with E-state index in [9.17, 15) is 0 Å².